The van der Waals surface area contributed by atoms with E-state index in [2.05, 4.69) is 5.16 Å². The molecule has 1 amide bonds. The molecule has 4 rings (SSSR count). The maximum Gasteiger partial charge on any atom is 0.227 e. The minimum absolute atomic E-state index is 0.0269. The van der Waals surface area contributed by atoms with Crippen molar-refractivity contribution in [1.29, 1.82) is 0 Å². The Morgan fingerprint density at radius 1 is 1.06 bits per heavy atom. The van der Waals surface area contributed by atoms with Gasteiger partial charge in [-0.3, -0.25) is 4.79 Å². The monoisotopic (exact) mass is 466 g/mol. The van der Waals surface area contributed by atoms with Crippen molar-refractivity contribution in [2.24, 2.45) is 0 Å². The van der Waals surface area contributed by atoms with E-state index in [4.69, 9.17) is 23.5 Å². The van der Waals surface area contributed by atoms with Crippen molar-refractivity contribution in [2.75, 3.05) is 34.5 Å². The van der Waals surface area contributed by atoms with Crippen LogP contribution in [0.4, 0.5) is 0 Å². The zero-order chi connectivity index (χ0) is 23.9. The molecule has 0 radical (unpaired) electrons. The maximum absolute atomic E-state index is 13.2. The first-order valence-electron chi connectivity index (χ1n) is 11.3. The number of hydrogen-bond donors (Lipinski definition) is 0. The van der Waals surface area contributed by atoms with E-state index in [9.17, 15) is 4.79 Å². The lowest BCUT2D eigenvalue weighted by Gasteiger charge is -2.24. The zero-order valence-electron chi connectivity index (χ0n) is 19.8. The van der Waals surface area contributed by atoms with E-state index in [0.717, 1.165) is 30.6 Å². The van der Waals surface area contributed by atoms with Gasteiger partial charge < -0.3 is 28.4 Å². The molecule has 34 heavy (non-hydrogen) atoms. The topological polar surface area (TPSA) is 83.3 Å². The van der Waals surface area contributed by atoms with E-state index in [1.54, 1.807) is 38.4 Å². The molecular weight excluding hydrogens is 436 g/mol. The average Bonchev–Trinajstić information content (AvgIpc) is 3.55. The van der Waals surface area contributed by atoms with Crippen molar-refractivity contribution in [1.82, 2.24) is 10.1 Å². The summed E-state index contributed by atoms with van der Waals surface area (Å²) in [5, 5.41) is 4.23. The summed E-state index contributed by atoms with van der Waals surface area (Å²) >= 11 is 0. The molecule has 1 aromatic heterocycles. The first kappa shape index (κ1) is 23.6. The van der Waals surface area contributed by atoms with Gasteiger partial charge in [0, 0.05) is 24.8 Å². The molecule has 0 saturated carbocycles. The van der Waals surface area contributed by atoms with E-state index in [0.29, 0.717) is 48.2 Å². The normalized spacial score (nSPS) is 15.2. The molecule has 0 spiro atoms. The molecule has 3 aromatic rings. The van der Waals surface area contributed by atoms with Gasteiger partial charge in [0.15, 0.2) is 17.3 Å². The number of carbonyl (C=O) groups excluding carboxylic acids is 1. The molecule has 0 N–H and O–H groups in total. The molecular formula is C26H30N2O6. The number of aromatic nitrogens is 1. The van der Waals surface area contributed by atoms with Gasteiger partial charge in [-0.1, -0.05) is 35.5 Å². The number of rotatable bonds is 10. The quantitative estimate of drug-likeness (QED) is 0.444. The van der Waals surface area contributed by atoms with E-state index in [1.165, 1.54) is 0 Å². The molecule has 8 nitrogen and oxygen atoms in total. The van der Waals surface area contributed by atoms with Crippen LogP contribution in [0.15, 0.2) is 53.1 Å². The molecule has 1 saturated heterocycles. The largest absolute Gasteiger partial charge is 0.493 e. The molecule has 1 atom stereocenters. The Morgan fingerprint density at radius 2 is 1.79 bits per heavy atom. The fourth-order valence-electron chi connectivity index (χ4n) is 4.11. The van der Waals surface area contributed by atoms with Crippen LogP contribution in [0.25, 0.3) is 11.3 Å². The third-order valence-corrected chi connectivity index (χ3v) is 5.86. The Bertz CT molecular complexity index is 1070. The third-order valence-electron chi connectivity index (χ3n) is 5.86. The van der Waals surface area contributed by atoms with Gasteiger partial charge in [0.2, 0.25) is 11.7 Å². The Morgan fingerprint density at radius 3 is 2.41 bits per heavy atom. The van der Waals surface area contributed by atoms with Crippen LogP contribution in [-0.2, 0) is 22.5 Å². The van der Waals surface area contributed by atoms with Gasteiger partial charge >= 0.3 is 0 Å². The van der Waals surface area contributed by atoms with E-state index < -0.39 is 0 Å². The molecule has 0 aliphatic carbocycles. The summed E-state index contributed by atoms with van der Waals surface area (Å²) in [6, 6.07) is 15.2. The number of amides is 1. The molecule has 2 aromatic carbocycles. The van der Waals surface area contributed by atoms with Crippen molar-refractivity contribution in [3.63, 3.8) is 0 Å². The van der Waals surface area contributed by atoms with Crippen LogP contribution in [0.1, 0.15) is 24.1 Å². The molecule has 8 heteroatoms. The SMILES string of the molecule is COc1cc(-c2cc(CN(C[C@@H]3CCCO3)C(=O)Cc3ccccc3)no2)cc(OC)c1OC. The predicted molar refractivity (Wildman–Crippen MR) is 126 cm³/mol. The predicted octanol–water partition coefficient (Wildman–Crippen LogP) is 4.12. The van der Waals surface area contributed by atoms with Gasteiger partial charge in [-0.2, -0.15) is 0 Å². The Balaban J connectivity index is 1.54. The number of hydrogen-bond acceptors (Lipinski definition) is 7. The van der Waals surface area contributed by atoms with Crippen LogP contribution >= 0.6 is 0 Å². The second-order valence-electron chi connectivity index (χ2n) is 8.17. The van der Waals surface area contributed by atoms with Crippen LogP contribution in [0.2, 0.25) is 0 Å². The summed E-state index contributed by atoms with van der Waals surface area (Å²) in [5.41, 5.74) is 2.36. The second-order valence-corrected chi connectivity index (χ2v) is 8.17. The zero-order valence-corrected chi connectivity index (χ0v) is 19.8. The van der Waals surface area contributed by atoms with Gasteiger partial charge in [-0.25, -0.2) is 0 Å². The van der Waals surface area contributed by atoms with E-state index in [1.807, 2.05) is 36.4 Å². The summed E-state index contributed by atoms with van der Waals surface area (Å²) in [7, 11) is 4.68. The lowest BCUT2D eigenvalue weighted by atomic mass is 10.1. The lowest BCUT2D eigenvalue weighted by molar-refractivity contribution is -0.132. The molecule has 0 unspecified atom stereocenters. The molecule has 1 fully saturated rings. The van der Waals surface area contributed by atoms with Crippen LogP contribution in [0, 0.1) is 0 Å². The smallest absolute Gasteiger partial charge is 0.227 e. The minimum Gasteiger partial charge on any atom is -0.493 e. The number of carbonyl (C=O) groups is 1. The maximum atomic E-state index is 13.2. The molecule has 1 aliphatic heterocycles. The molecule has 2 heterocycles. The Labute approximate surface area is 199 Å². The average molecular weight is 467 g/mol. The van der Waals surface area contributed by atoms with E-state index >= 15 is 0 Å². The summed E-state index contributed by atoms with van der Waals surface area (Å²) in [5.74, 6) is 2.12. The van der Waals surface area contributed by atoms with Gasteiger partial charge in [-0.05, 0) is 30.5 Å². The number of nitrogens with zero attached hydrogens (tertiary/aromatic N) is 2. The van der Waals surface area contributed by atoms with Gasteiger partial charge in [-0.15, -0.1) is 0 Å². The molecule has 0 bridgehead atoms. The highest BCUT2D eigenvalue weighted by atomic mass is 16.5. The summed E-state index contributed by atoms with van der Waals surface area (Å²) in [4.78, 5) is 15.0. The van der Waals surface area contributed by atoms with Gasteiger partial charge in [0.05, 0.1) is 40.4 Å². The van der Waals surface area contributed by atoms with E-state index in [-0.39, 0.29) is 12.0 Å². The van der Waals surface area contributed by atoms with Crippen LogP contribution in [0.5, 0.6) is 17.2 Å². The first-order valence-corrected chi connectivity index (χ1v) is 11.3. The van der Waals surface area contributed by atoms with Crippen molar-refractivity contribution in [3.8, 4) is 28.6 Å². The van der Waals surface area contributed by atoms with Gasteiger partial charge in [0.25, 0.3) is 0 Å². The molecule has 1 aliphatic rings. The number of ether oxygens (including phenoxy) is 4. The van der Waals surface area contributed by atoms with Crippen molar-refractivity contribution >= 4 is 5.91 Å². The number of benzene rings is 2. The minimum atomic E-state index is 0.0269. The van der Waals surface area contributed by atoms with Gasteiger partial charge in [0.1, 0.15) is 5.69 Å². The van der Waals surface area contributed by atoms with Crippen LogP contribution in [-0.4, -0.2) is 56.5 Å². The summed E-state index contributed by atoms with van der Waals surface area (Å²) < 4.78 is 27.7. The highest BCUT2D eigenvalue weighted by Crippen LogP contribution is 2.41. The summed E-state index contributed by atoms with van der Waals surface area (Å²) in [6.07, 6.45) is 2.33. The number of methoxy groups -OCH3 is 3. The fourth-order valence-corrected chi connectivity index (χ4v) is 4.11. The molecule has 180 valence electrons. The Hall–Kier alpha value is -3.52. The fraction of sp³-hybridized carbons (Fsp3) is 0.385. The van der Waals surface area contributed by atoms with Crippen molar-refractivity contribution < 1.29 is 28.3 Å². The summed E-state index contributed by atoms with van der Waals surface area (Å²) in [6.45, 7) is 1.60. The first-order chi connectivity index (χ1) is 16.6. The lowest BCUT2D eigenvalue weighted by Crippen LogP contribution is -2.38. The third kappa shape index (κ3) is 5.51. The van der Waals surface area contributed by atoms with Crippen LogP contribution in [0.3, 0.4) is 0 Å². The highest BCUT2D eigenvalue weighted by molar-refractivity contribution is 5.79. The second kappa shape index (κ2) is 11.1. The van der Waals surface area contributed by atoms with Crippen LogP contribution < -0.4 is 14.2 Å². The Kier molecular flexibility index (Phi) is 7.69. The highest BCUT2D eigenvalue weighted by Gasteiger charge is 2.24. The van der Waals surface area contributed by atoms with Crippen molar-refractivity contribution in [3.05, 3.63) is 59.8 Å². The van der Waals surface area contributed by atoms with Crippen molar-refractivity contribution in [2.45, 2.75) is 31.9 Å². The standard InChI is InChI=1S/C26H30N2O6/c1-30-23-13-19(14-24(31-2)26(23)32-3)22-15-20(27-34-22)16-28(17-21-10-7-11-33-21)25(29)12-18-8-5-4-6-9-18/h4-6,8-9,13-15,21H,7,10-12,16-17H2,1-3H3/t21-/m0/s1.